The van der Waals surface area contributed by atoms with Crippen molar-refractivity contribution >= 4 is 29.1 Å². The first kappa shape index (κ1) is 25.4. The molecule has 2 aromatic rings. The number of benzene rings is 2. The highest BCUT2D eigenvalue weighted by Gasteiger charge is 2.46. The van der Waals surface area contributed by atoms with Gasteiger partial charge in [-0.2, -0.15) is 0 Å². The smallest absolute Gasteiger partial charge is 0.295 e. The predicted octanol–water partition coefficient (Wildman–Crippen LogP) is 3.74. The average molecular weight is 489 g/mol. The van der Waals surface area contributed by atoms with Gasteiger partial charge < -0.3 is 29.1 Å². The van der Waals surface area contributed by atoms with Crippen molar-refractivity contribution in [2.45, 2.75) is 13.0 Å². The number of carbonyl (C=O) groups is 2. The van der Waals surface area contributed by atoms with Crippen molar-refractivity contribution in [3.05, 3.63) is 58.1 Å². The first-order chi connectivity index (χ1) is 16.2. The molecule has 182 valence electrons. The van der Waals surface area contributed by atoms with Crippen LogP contribution in [0.15, 0.2) is 42.0 Å². The van der Waals surface area contributed by atoms with E-state index in [2.05, 4.69) is 0 Å². The zero-order valence-corrected chi connectivity index (χ0v) is 20.7. The van der Waals surface area contributed by atoms with Crippen LogP contribution in [0.1, 0.15) is 24.1 Å². The third-order valence-corrected chi connectivity index (χ3v) is 5.85. The van der Waals surface area contributed by atoms with E-state index in [0.29, 0.717) is 41.5 Å². The van der Waals surface area contributed by atoms with Gasteiger partial charge >= 0.3 is 0 Å². The number of hydrogen-bond acceptors (Lipinski definition) is 7. The number of Topliss-reactive ketones (excluding diaryl/α,β-unsaturated/α-hetero) is 1. The lowest BCUT2D eigenvalue weighted by Crippen LogP contribution is -2.35. The number of nitrogens with zero attached hydrogens (tertiary/aromatic N) is 2. The predicted molar refractivity (Wildman–Crippen MR) is 130 cm³/mol. The number of amides is 1. The SMILES string of the molecule is CCOc1ccc(/C(O)=C2\C(=O)C(=O)N(CCN(C)C)[C@H]2c2ccc(OC)c(OC)c2)cc1Cl. The molecule has 0 saturated carbocycles. The van der Waals surface area contributed by atoms with Gasteiger partial charge in [-0.1, -0.05) is 17.7 Å². The summed E-state index contributed by atoms with van der Waals surface area (Å²) in [6.45, 7) is 3.09. The second kappa shape index (κ2) is 10.8. The third-order valence-electron chi connectivity index (χ3n) is 5.56. The minimum atomic E-state index is -0.815. The standard InChI is InChI=1S/C25H29ClN2O6/c1-6-34-18-9-8-16(13-17(18)26)23(29)21-22(15-7-10-19(32-4)20(14-15)33-5)28(12-11-27(2)3)25(31)24(21)30/h7-10,13-14,22,29H,6,11-12H2,1-5H3/b23-21+/t22-/m0/s1. The molecule has 34 heavy (non-hydrogen) atoms. The monoisotopic (exact) mass is 488 g/mol. The van der Waals surface area contributed by atoms with Crippen molar-refractivity contribution in [2.75, 3.05) is 48.0 Å². The molecule has 9 heteroatoms. The first-order valence-electron chi connectivity index (χ1n) is 10.8. The molecule has 0 unspecified atom stereocenters. The topological polar surface area (TPSA) is 88.5 Å². The molecule has 0 bridgehead atoms. The maximum atomic E-state index is 13.2. The van der Waals surface area contributed by atoms with Crippen LogP contribution in [-0.2, 0) is 9.59 Å². The summed E-state index contributed by atoms with van der Waals surface area (Å²) in [5, 5.41) is 11.5. The highest BCUT2D eigenvalue weighted by molar-refractivity contribution is 6.46. The van der Waals surface area contributed by atoms with Crippen molar-refractivity contribution in [2.24, 2.45) is 0 Å². The number of aliphatic hydroxyl groups is 1. The van der Waals surface area contributed by atoms with E-state index in [-0.39, 0.29) is 22.9 Å². The summed E-state index contributed by atoms with van der Waals surface area (Å²) in [6.07, 6.45) is 0. The van der Waals surface area contributed by atoms with Crippen molar-refractivity contribution in [1.29, 1.82) is 0 Å². The zero-order valence-electron chi connectivity index (χ0n) is 19.9. The van der Waals surface area contributed by atoms with E-state index in [1.54, 1.807) is 30.3 Å². The van der Waals surface area contributed by atoms with Gasteiger partial charge in [0, 0.05) is 18.7 Å². The summed E-state index contributed by atoms with van der Waals surface area (Å²) >= 11 is 6.31. The molecular formula is C25H29ClN2O6. The quantitative estimate of drug-likeness (QED) is 0.327. The largest absolute Gasteiger partial charge is 0.507 e. The molecule has 1 aliphatic rings. The number of carbonyl (C=O) groups excluding carboxylic acids is 2. The average Bonchev–Trinajstić information content (AvgIpc) is 3.07. The molecule has 8 nitrogen and oxygen atoms in total. The lowest BCUT2D eigenvalue weighted by atomic mass is 9.95. The van der Waals surface area contributed by atoms with Gasteiger partial charge in [0.2, 0.25) is 0 Å². The van der Waals surface area contributed by atoms with Crippen LogP contribution >= 0.6 is 11.6 Å². The molecule has 1 saturated heterocycles. The van der Waals surface area contributed by atoms with Crippen molar-refractivity contribution < 1.29 is 28.9 Å². The lowest BCUT2D eigenvalue weighted by molar-refractivity contribution is -0.140. The Kier molecular flexibility index (Phi) is 8.06. The van der Waals surface area contributed by atoms with Crippen LogP contribution in [0.5, 0.6) is 17.2 Å². The molecule has 0 aromatic heterocycles. The number of hydrogen-bond donors (Lipinski definition) is 1. The molecule has 3 rings (SSSR count). The van der Waals surface area contributed by atoms with Crippen LogP contribution in [0.25, 0.3) is 5.76 Å². The van der Waals surface area contributed by atoms with Gasteiger partial charge in [0.25, 0.3) is 11.7 Å². The Bertz CT molecular complexity index is 1110. The van der Waals surface area contributed by atoms with E-state index in [4.69, 9.17) is 25.8 Å². The van der Waals surface area contributed by atoms with Gasteiger partial charge in [0.1, 0.15) is 11.5 Å². The van der Waals surface area contributed by atoms with Crippen LogP contribution in [0, 0.1) is 0 Å². The van der Waals surface area contributed by atoms with E-state index in [9.17, 15) is 14.7 Å². The second-order valence-electron chi connectivity index (χ2n) is 7.99. The summed E-state index contributed by atoms with van der Waals surface area (Å²) in [5.41, 5.74) is 0.898. The number of ether oxygens (including phenoxy) is 3. The Morgan fingerprint density at radius 1 is 1.06 bits per heavy atom. The van der Waals surface area contributed by atoms with Crippen LogP contribution in [0.3, 0.4) is 0 Å². The summed E-state index contributed by atoms with van der Waals surface area (Å²) in [5.74, 6) is -0.336. The van der Waals surface area contributed by atoms with Crippen molar-refractivity contribution in [3.63, 3.8) is 0 Å². The van der Waals surface area contributed by atoms with Gasteiger partial charge in [0.05, 0.1) is 37.5 Å². The minimum absolute atomic E-state index is 0.0174. The van der Waals surface area contributed by atoms with Crippen LogP contribution in [-0.4, -0.2) is 74.6 Å². The molecule has 1 fully saturated rings. The first-order valence-corrected chi connectivity index (χ1v) is 11.2. The Morgan fingerprint density at radius 3 is 2.32 bits per heavy atom. The van der Waals surface area contributed by atoms with Crippen LogP contribution in [0.4, 0.5) is 0 Å². The van der Waals surface area contributed by atoms with E-state index in [1.807, 2.05) is 25.9 Å². The van der Waals surface area contributed by atoms with E-state index < -0.39 is 17.7 Å². The van der Waals surface area contributed by atoms with E-state index >= 15 is 0 Å². The normalized spacial score (nSPS) is 17.4. The van der Waals surface area contributed by atoms with Gasteiger partial charge in [-0.3, -0.25) is 9.59 Å². The summed E-state index contributed by atoms with van der Waals surface area (Å²) < 4.78 is 16.2. The minimum Gasteiger partial charge on any atom is -0.507 e. The molecule has 0 spiro atoms. The molecular weight excluding hydrogens is 460 g/mol. The Balaban J connectivity index is 2.17. The summed E-state index contributed by atoms with van der Waals surface area (Å²) in [7, 11) is 6.79. The highest BCUT2D eigenvalue weighted by atomic mass is 35.5. The van der Waals surface area contributed by atoms with E-state index in [1.165, 1.54) is 25.2 Å². The number of methoxy groups -OCH3 is 2. The molecule has 0 aliphatic carbocycles. The number of likely N-dealkylation sites (tertiary alicyclic amines) is 1. The number of halogens is 1. The maximum absolute atomic E-state index is 13.2. The second-order valence-corrected chi connectivity index (χ2v) is 8.40. The van der Waals surface area contributed by atoms with Crippen LogP contribution in [0.2, 0.25) is 5.02 Å². The Labute approximate surface area is 204 Å². The van der Waals surface area contributed by atoms with Gasteiger partial charge in [-0.15, -0.1) is 0 Å². The maximum Gasteiger partial charge on any atom is 0.295 e. The molecule has 1 heterocycles. The van der Waals surface area contributed by atoms with Gasteiger partial charge in [-0.05, 0) is 56.9 Å². The van der Waals surface area contributed by atoms with Crippen LogP contribution < -0.4 is 14.2 Å². The molecule has 1 N–H and O–H groups in total. The molecule has 0 radical (unpaired) electrons. The highest BCUT2D eigenvalue weighted by Crippen LogP contribution is 2.42. The number of ketones is 1. The molecule has 1 aliphatic heterocycles. The van der Waals surface area contributed by atoms with E-state index in [0.717, 1.165) is 0 Å². The fourth-order valence-electron chi connectivity index (χ4n) is 3.86. The molecule has 1 amide bonds. The zero-order chi connectivity index (χ0) is 25.0. The fourth-order valence-corrected chi connectivity index (χ4v) is 4.10. The fraction of sp³-hybridized carbons (Fsp3) is 0.360. The van der Waals surface area contributed by atoms with Gasteiger partial charge in [0.15, 0.2) is 11.5 Å². The van der Waals surface area contributed by atoms with Gasteiger partial charge in [-0.25, -0.2) is 0 Å². The third kappa shape index (κ3) is 4.98. The Morgan fingerprint density at radius 2 is 1.74 bits per heavy atom. The molecule has 1 atom stereocenters. The number of aliphatic hydroxyl groups excluding tert-OH is 1. The number of likely N-dealkylation sites (N-methyl/N-ethyl adjacent to an activating group) is 1. The van der Waals surface area contributed by atoms with Crippen molar-refractivity contribution in [3.8, 4) is 17.2 Å². The summed E-state index contributed by atoms with van der Waals surface area (Å²) in [6, 6.07) is 9.08. The molecule has 2 aromatic carbocycles. The van der Waals surface area contributed by atoms with Crippen molar-refractivity contribution in [1.82, 2.24) is 9.80 Å². The Hall–Kier alpha value is -3.23. The lowest BCUT2D eigenvalue weighted by Gasteiger charge is -2.27. The summed E-state index contributed by atoms with van der Waals surface area (Å²) in [4.78, 5) is 29.6. The number of rotatable bonds is 9.